The van der Waals surface area contributed by atoms with Gasteiger partial charge in [0.25, 0.3) is 0 Å². The van der Waals surface area contributed by atoms with Crippen LogP contribution in [0.2, 0.25) is 0 Å². The van der Waals surface area contributed by atoms with Crippen LogP contribution in [0.4, 0.5) is 5.69 Å². The van der Waals surface area contributed by atoms with E-state index in [2.05, 4.69) is 37.2 Å². The van der Waals surface area contributed by atoms with Crippen LogP contribution in [0.1, 0.15) is 11.6 Å². The quantitative estimate of drug-likeness (QED) is 0.716. The SMILES string of the molecule is OC[C@H](O)[C@H](Nc1ccc(Br)cc1)c1ccc(Br)cc1. The molecule has 2 atom stereocenters. The van der Waals surface area contributed by atoms with Crippen molar-refractivity contribution < 1.29 is 10.2 Å². The molecule has 20 heavy (non-hydrogen) atoms. The standard InChI is InChI=1S/C15H15Br2NO2/c16-11-3-1-10(2-4-11)15(14(20)9-19)18-13-7-5-12(17)6-8-13/h1-8,14-15,18-20H,9H2/t14-,15+/m0/s1. The maximum atomic E-state index is 10.0. The zero-order valence-electron chi connectivity index (χ0n) is 10.6. The molecule has 0 aromatic heterocycles. The summed E-state index contributed by atoms with van der Waals surface area (Å²) in [5.41, 5.74) is 1.80. The molecule has 0 heterocycles. The average Bonchev–Trinajstić information content (AvgIpc) is 2.47. The van der Waals surface area contributed by atoms with E-state index in [0.29, 0.717) is 0 Å². The summed E-state index contributed by atoms with van der Waals surface area (Å²) in [6.45, 7) is -0.301. The second-order valence-electron chi connectivity index (χ2n) is 4.43. The van der Waals surface area contributed by atoms with Gasteiger partial charge in [0.2, 0.25) is 0 Å². The highest BCUT2D eigenvalue weighted by Gasteiger charge is 2.20. The molecule has 0 aliphatic heterocycles. The van der Waals surface area contributed by atoms with Gasteiger partial charge in [-0.05, 0) is 42.0 Å². The predicted molar refractivity (Wildman–Crippen MR) is 87.7 cm³/mol. The zero-order chi connectivity index (χ0) is 14.5. The third kappa shape index (κ3) is 4.06. The molecular formula is C15H15Br2NO2. The highest BCUT2D eigenvalue weighted by molar-refractivity contribution is 9.10. The molecule has 3 N–H and O–H groups in total. The lowest BCUT2D eigenvalue weighted by Crippen LogP contribution is -2.28. The molecule has 106 valence electrons. The molecule has 0 radical (unpaired) electrons. The molecule has 0 spiro atoms. The van der Waals surface area contributed by atoms with E-state index in [1.54, 1.807) is 0 Å². The fraction of sp³-hybridized carbons (Fsp3) is 0.200. The van der Waals surface area contributed by atoms with Crippen LogP contribution in [0.25, 0.3) is 0 Å². The Labute approximate surface area is 134 Å². The Morgan fingerprint density at radius 1 is 0.900 bits per heavy atom. The molecule has 0 bridgehead atoms. The number of rotatable bonds is 5. The van der Waals surface area contributed by atoms with Crippen molar-refractivity contribution in [1.82, 2.24) is 0 Å². The number of nitrogens with one attached hydrogen (secondary N) is 1. The van der Waals surface area contributed by atoms with Crippen molar-refractivity contribution in [2.45, 2.75) is 12.1 Å². The molecule has 0 unspecified atom stereocenters. The lowest BCUT2D eigenvalue weighted by Gasteiger charge is -2.24. The molecule has 0 amide bonds. The van der Waals surface area contributed by atoms with Crippen LogP contribution in [0.15, 0.2) is 57.5 Å². The van der Waals surface area contributed by atoms with Crippen LogP contribution in [0.5, 0.6) is 0 Å². The Balaban J connectivity index is 2.23. The molecule has 2 rings (SSSR count). The van der Waals surface area contributed by atoms with Crippen molar-refractivity contribution in [2.24, 2.45) is 0 Å². The third-order valence-electron chi connectivity index (χ3n) is 2.97. The first-order valence-electron chi connectivity index (χ1n) is 6.16. The summed E-state index contributed by atoms with van der Waals surface area (Å²) >= 11 is 6.77. The minimum absolute atomic E-state index is 0.301. The van der Waals surface area contributed by atoms with E-state index in [1.165, 1.54) is 0 Å². The molecule has 0 saturated heterocycles. The number of hydrogen-bond acceptors (Lipinski definition) is 3. The fourth-order valence-corrected chi connectivity index (χ4v) is 2.43. The van der Waals surface area contributed by atoms with Gasteiger partial charge in [-0.1, -0.05) is 44.0 Å². The molecule has 2 aromatic rings. The first kappa shape index (κ1) is 15.5. The van der Waals surface area contributed by atoms with Crippen LogP contribution in [-0.4, -0.2) is 22.9 Å². The highest BCUT2D eigenvalue weighted by Crippen LogP contribution is 2.25. The monoisotopic (exact) mass is 399 g/mol. The molecule has 2 aromatic carbocycles. The topological polar surface area (TPSA) is 52.5 Å². The Bertz CT molecular complexity index is 543. The Kier molecular flexibility index (Phi) is 5.60. The van der Waals surface area contributed by atoms with Gasteiger partial charge in [-0.25, -0.2) is 0 Å². The van der Waals surface area contributed by atoms with E-state index in [-0.39, 0.29) is 12.6 Å². The third-order valence-corrected chi connectivity index (χ3v) is 4.02. The maximum Gasteiger partial charge on any atom is 0.101 e. The normalized spacial score (nSPS) is 13.8. The van der Waals surface area contributed by atoms with Crippen molar-refractivity contribution in [3.05, 3.63) is 63.0 Å². The molecule has 0 aliphatic carbocycles. The van der Waals surface area contributed by atoms with Crippen molar-refractivity contribution in [1.29, 1.82) is 0 Å². The summed E-state index contributed by atoms with van der Waals surface area (Å²) in [7, 11) is 0. The summed E-state index contributed by atoms with van der Waals surface area (Å²) in [5, 5.41) is 22.5. The van der Waals surface area contributed by atoms with Gasteiger partial charge in [0.05, 0.1) is 12.6 Å². The van der Waals surface area contributed by atoms with Gasteiger partial charge < -0.3 is 15.5 Å². The van der Waals surface area contributed by atoms with Gasteiger partial charge in [-0.2, -0.15) is 0 Å². The second-order valence-corrected chi connectivity index (χ2v) is 6.26. The van der Waals surface area contributed by atoms with Crippen molar-refractivity contribution in [2.75, 3.05) is 11.9 Å². The van der Waals surface area contributed by atoms with Crippen LogP contribution < -0.4 is 5.32 Å². The van der Waals surface area contributed by atoms with E-state index < -0.39 is 6.10 Å². The van der Waals surface area contributed by atoms with Crippen LogP contribution in [0, 0.1) is 0 Å². The summed E-state index contributed by atoms with van der Waals surface area (Å²) in [5.74, 6) is 0. The summed E-state index contributed by atoms with van der Waals surface area (Å²) in [4.78, 5) is 0. The van der Waals surface area contributed by atoms with E-state index in [9.17, 15) is 10.2 Å². The molecular weight excluding hydrogens is 386 g/mol. The van der Waals surface area contributed by atoms with Crippen molar-refractivity contribution in [3.63, 3.8) is 0 Å². The number of anilines is 1. The van der Waals surface area contributed by atoms with Crippen molar-refractivity contribution in [3.8, 4) is 0 Å². The van der Waals surface area contributed by atoms with Gasteiger partial charge in [-0.3, -0.25) is 0 Å². The van der Waals surface area contributed by atoms with Gasteiger partial charge in [0, 0.05) is 14.6 Å². The predicted octanol–water partition coefficient (Wildman–Crippen LogP) is 3.72. The Hall–Kier alpha value is -0.880. The number of aliphatic hydroxyl groups is 2. The lowest BCUT2D eigenvalue weighted by atomic mass is 10.0. The summed E-state index contributed by atoms with van der Waals surface area (Å²) < 4.78 is 1.97. The van der Waals surface area contributed by atoms with Crippen LogP contribution in [0.3, 0.4) is 0 Å². The van der Waals surface area contributed by atoms with Crippen LogP contribution in [-0.2, 0) is 0 Å². The smallest absolute Gasteiger partial charge is 0.101 e. The van der Waals surface area contributed by atoms with Crippen LogP contribution >= 0.6 is 31.9 Å². The number of aliphatic hydroxyl groups excluding tert-OH is 2. The lowest BCUT2D eigenvalue weighted by molar-refractivity contribution is 0.0795. The van der Waals surface area contributed by atoms with Gasteiger partial charge in [0.1, 0.15) is 6.10 Å². The first-order chi connectivity index (χ1) is 9.60. The highest BCUT2D eigenvalue weighted by atomic mass is 79.9. The molecule has 0 aliphatic rings. The molecule has 3 nitrogen and oxygen atoms in total. The zero-order valence-corrected chi connectivity index (χ0v) is 13.8. The Morgan fingerprint density at radius 2 is 1.40 bits per heavy atom. The van der Waals surface area contributed by atoms with Gasteiger partial charge in [0.15, 0.2) is 0 Å². The molecule has 0 fully saturated rings. The van der Waals surface area contributed by atoms with E-state index >= 15 is 0 Å². The number of benzene rings is 2. The minimum atomic E-state index is -0.875. The number of halogens is 2. The largest absolute Gasteiger partial charge is 0.394 e. The summed E-state index contributed by atoms with van der Waals surface area (Å²) in [6.07, 6.45) is -0.875. The first-order valence-corrected chi connectivity index (χ1v) is 7.75. The van der Waals surface area contributed by atoms with E-state index in [4.69, 9.17) is 0 Å². The number of hydrogen-bond donors (Lipinski definition) is 3. The second kappa shape index (κ2) is 7.22. The van der Waals surface area contributed by atoms with Crippen molar-refractivity contribution >= 4 is 37.5 Å². The van der Waals surface area contributed by atoms with E-state index in [0.717, 1.165) is 20.2 Å². The Morgan fingerprint density at radius 3 is 1.90 bits per heavy atom. The summed E-state index contributed by atoms with van der Waals surface area (Å²) in [6, 6.07) is 15.0. The fourth-order valence-electron chi connectivity index (χ4n) is 1.90. The van der Waals surface area contributed by atoms with Gasteiger partial charge >= 0.3 is 0 Å². The minimum Gasteiger partial charge on any atom is -0.394 e. The maximum absolute atomic E-state index is 10.0. The molecule has 0 saturated carbocycles. The average molecular weight is 401 g/mol. The van der Waals surface area contributed by atoms with E-state index in [1.807, 2.05) is 48.5 Å². The van der Waals surface area contributed by atoms with Gasteiger partial charge in [-0.15, -0.1) is 0 Å². The molecule has 5 heteroatoms.